The molecule has 0 saturated carbocycles. The second-order valence-corrected chi connectivity index (χ2v) is 7.96. The van der Waals surface area contributed by atoms with Gasteiger partial charge >= 0.3 is 0 Å². The Morgan fingerprint density at radius 2 is 1.72 bits per heavy atom. The molecule has 0 aliphatic carbocycles. The maximum absolute atomic E-state index is 13.2. The molecule has 4 rings (SSSR count). The minimum atomic E-state index is -0.211. The number of fused-ring (bicyclic) bond motifs is 1. The maximum Gasteiger partial charge on any atom is 0.222 e. The van der Waals surface area contributed by atoms with Gasteiger partial charge in [-0.3, -0.25) is 4.79 Å². The van der Waals surface area contributed by atoms with E-state index in [9.17, 15) is 9.18 Å². The summed E-state index contributed by atoms with van der Waals surface area (Å²) in [5, 5.41) is 1.24. The van der Waals surface area contributed by atoms with Gasteiger partial charge < -0.3 is 14.4 Å². The Morgan fingerprint density at radius 3 is 2.48 bits per heavy atom. The van der Waals surface area contributed by atoms with Gasteiger partial charge in [0.25, 0.3) is 0 Å². The van der Waals surface area contributed by atoms with Gasteiger partial charge in [-0.05, 0) is 49.2 Å². The fourth-order valence-electron chi connectivity index (χ4n) is 4.08. The molecule has 5 heteroatoms. The third kappa shape index (κ3) is 4.67. The first kappa shape index (κ1) is 19.6. The number of rotatable bonds is 6. The van der Waals surface area contributed by atoms with Gasteiger partial charge in [0.2, 0.25) is 5.91 Å². The average Bonchev–Trinajstić information content (AvgIpc) is 3.08. The molecule has 4 nitrogen and oxygen atoms in total. The Bertz CT molecular complexity index is 971. The average molecular weight is 394 g/mol. The van der Waals surface area contributed by atoms with Crippen LogP contribution in [0.1, 0.15) is 24.0 Å². The molecule has 2 heterocycles. The molecule has 0 spiro atoms. The molecule has 0 unspecified atom stereocenters. The Kier molecular flexibility index (Phi) is 5.95. The third-order valence-electron chi connectivity index (χ3n) is 5.83. The summed E-state index contributed by atoms with van der Waals surface area (Å²) in [5.41, 5.74) is 3.52. The van der Waals surface area contributed by atoms with Gasteiger partial charge in [0.05, 0.1) is 0 Å². The summed E-state index contributed by atoms with van der Waals surface area (Å²) in [5.74, 6) is 0.0602. The summed E-state index contributed by atoms with van der Waals surface area (Å²) in [6.45, 7) is 4.31. The summed E-state index contributed by atoms with van der Waals surface area (Å²) < 4.78 is 15.4. The molecule has 29 heavy (non-hydrogen) atoms. The molecule has 1 aromatic heterocycles. The Labute approximate surface area is 171 Å². The lowest BCUT2D eigenvalue weighted by molar-refractivity contribution is -0.132. The number of benzene rings is 2. The molecule has 0 atom stereocenters. The van der Waals surface area contributed by atoms with Gasteiger partial charge in [-0.2, -0.15) is 0 Å². The van der Waals surface area contributed by atoms with Crippen LogP contribution in [0.4, 0.5) is 4.39 Å². The van der Waals surface area contributed by atoms with E-state index in [2.05, 4.69) is 40.9 Å². The van der Waals surface area contributed by atoms with Crippen LogP contribution < -0.4 is 0 Å². The van der Waals surface area contributed by atoms with E-state index < -0.39 is 0 Å². The molecule has 0 bridgehead atoms. The zero-order valence-corrected chi connectivity index (χ0v) is 17.0. The van der Waals surface area contributed by atoms with Crippen LogP contribution in [0.25, 0.3) is 10.9 Å². The SMILES string of the molecule is CN1CCN(C(=O)CCCc2cn(Cc3ccc(F)cc3)c3ccccc23)CC1. The van der Waals surface area contributed by atoms with Gasteiger partial charge in [-0.1, -0.05) is 30.3 Å². The molecule has 1 aliphatic heterocycles. The van der Waals surface area contributed by atoms with Gasteiger partial charge in [-0.15, -0.1) is 0 Å². The van der Waals surface area contributed by atoms with Crippen molar-refractivity contribution in [3.8, 4) is 0 Å². The summed E-state index contributed by atoms with van der Waals surface area (Å²) in [6.07, 6.45) is 4.53. The van der Waals surface area contributed by atoms with E-state index in [1.165, 1.54) is 28.6 Å². The van der Waals surface area contributed by atoms with Crippen LogP contribution in [0, 0.1) is 5.82 Å². The first-order valence-corrected chi connectivity index (χ1v) is 10.4. The highest BCUT2D eigenvalue weighted by Crippen LogP contribution is 2.24. The number of hydrogen-bond acceptors (Lipinski definition) is 2. The van der Waals surface area contributed by atoms with E-state index in [4.69, 9.17) is 0 Å². The van der Waals surface area contributed by atoms with Crippen LogP contribution in [0.5, 0.6) is 0 Å². The van der Waals surface area contributed by atoms with Crippen molar-refractivity contribution in [3.63, 3.8) is 0 Å². The van der Waals surface area contributed by atoms with E-state index >= 15 is 0 Å². The van der Waals surface area contributed by atoms with Gasteiger partial charge in [0.1, 0.15) is 5.82 Å². The zero-order valence-electron chi connectivity index (χ0n) is 17.0. The quantitative estimate of drug-likeness (QED) is 0.635. The normalized spacial score (nSPS) is 15.2. The third-order valence-corrected chi connectivity index (χ3v) is 5.83. The first-order valence-electron chi connectivity index (χ1n) is 10.4. The van der Waals surface area contributed by atoms with Crippen LogP contribution in [0.3, 0.4) is 0 Å². The van der Waals surface area contributed by atoms with E-state index in [1.54, 1.807) is 0 Å². The van der Waals surface area contributed by atoms with Crippen LogP contribution in [-0.2, 0) is 17.8 Å². The van der Waals surface area contributed by atoms with Crippen molar-refractivity contribution in [2.45, 2.75) is 25.8 Å². The molecule has 0 N–H and O–H groups in total. The molecule has 1 fully saturated rings. The predicted molar refractivity (Wildman–Crippen MR) is 114 cm³/mol. The Hall–Kier alpha value is -2.66. The number of para-hydroxylation sites is 1. The van der Waals surface area contributed by atoms with Crippen LogP contribution in [-0.4, -0.2) is 53.5 Å². The number of piperazine rings is 1. The largest absolute Gasteiger partial charge is 0.343 e. The lowest BCUT2D eigenvalue weighted by Crippen LogP contribution is -2.47. The summed E-state index contributed by atoms with van der Waals surface area (Å²) in [4.78, 5) is 16.8. The van der Waals surface area contributed by atoms with Crippen molar-refractivity contribution >= 4 is 16.8 Å². The molecule has 3 aromatic rings. The number of nitrogens with zero attached hydrogens (tertiary/aromatic N) is 3. The van der Waals surface area contributed by atoms with E-state index in [1.807, 2.05) is 23.1 Å². The van der Waals surface area contributed by atoms with Crippen LogP contribution in [0.2, 0.25) is 0 Å². The molecule has 1 aliphatic rings. The van der Waals surface area contributed by atoms with Gasteiger partial charge in [0.15, 0.2) is 0 Å². The van der Waals surface area contributed by atoms with E-state index in [0.717, 1.165) is 44.6 Å². The van der Waals surface area contributed by atoms with Crippen molar-refractivity contribution in [1.29, 1.82) is 0 Å². The second kappa shape index (κ2) is 8.78. The number of aryl methyl sites for hydroxylation is 1. The number of amides is 1. The molecule has 1 saturated heterocycles. The van der Waals surface area contributed by atoms with Crippen LogP contribution >= 0.6 is 0 Å². The lowest BCUT2D eigenvalue weighted by atomic mass is 10.1. The number of likely N-dealkylation sites (N-methyl/N-ethyl adjacent to an activating group) is 1. The second-order valence-electron chi connectivity index (χ2n) is 7.96. The summed E-state index contributed by atoms with van der Waals surface area (Å²) in [6, 6.07) is 15.0. The minimum absolute atomic E-state index is 0.211. The standard InChI is InChI=1S/C24H28FN3O/c1-26-13-15-27(16-14-26)24(29)8-4-5-20-18-28(23-7-3-2-6-22(20)23)17-19-9-11-21(25)12-10-19/h2-3,6-7,9-12,18H,4-5,8,13-17H2,1H3. The van der Waals surface area contributed by atoms with Gasteiger partial charge in [-0.25, -0.2) is 4.39 Å². The maximum atomic E-state index is 13.2. The number of carbonyl (C=O) groups is 1. The van der Waals surface area contributed by atoms with Crippen molar-refractivity contribution in [2.24, 2.45) is 0 Å². The zero-order chi connectivity index (χ0) is 20.2. The first-order chi connectivity index (χ1) is 14.1. The number of halogens is 1. The molecular formula is C24H28FN3O. The molecule has 152 valence electrons. The fraction of sp³-hybridized carbons (Fsp3) is 0.375. The molecular weight excluding hydrogens is 365 g/mol. The number of hydrogen-bond donors (Lipinski definition) is 0. The van der Waals surface area contributed by atoms with Crippen LogP contribution in [0.15, 0.2) is 54.7 Å². The Morgan fingerprint density at radius 1 is 1.00 bits per heavy atom. The van der Waals surface area contributed by atoms with Crippen molar-refractivity contribution < 1.29 is 9.18 Å². The van der Waals surface area contributed by atoms with E-state index in [-0.39, 0.29) is 11.7 Å². The number of carbonyl (C=O) groups excluding carboxylic acids is 1. The Balaban J connectivity index is 1.42. The minimum Gasteiger partial charge on any atom is -0.343 e. The molecule has 1 amide bonds. The van der Waals surface area contributed by atoms with Crippen molar-refractivity contribution in [1.82, 2.24) is 14.4 Å². The highest BCUT2D eigenvalue weighted by molar-refractivity contribution is 5.84. The summed E-state index contributed by atoms with van der Waals surface area (Å²) in [7, 11) is 2.10. The van der Waals surface area contributed by atoms with Crippen molar-refractivity contribution in [2.75, 3.05) is 33.2 Å². The topological polar surface area (TPSA) is 28.5 Å². The summed E-state index contributed by atoms with van der Waals surface area (Å²) >= 11 is 0. The highest BCUT2D eigenvalue weighted by atomic mass is 19.1. The van der Waals surface area contributed by atoms with Crippen molar-refractivity contribution in [3.05, 3.63) is 71.7 Å². The highest BCUT2D eigenvalue weighted by Gasteiger charge is 2.18. The van der Waals surface area contributed by atoms with E-state index in [0.29, 0.717) is 13.0 Å². The van der Waals surface area contributed by atoms with Gasteiger partial charge in [0, 0.05) is 56.2 Å². The lowest BCUT2D eigenvalue weighted by Gasteiger charge is -2.32. The molecule has 2 aromatic carbocycles. The fourth-order valence-corrected chi connectivity index (χ4v) is 4.08. The number of aromatic nitrogens is 1. The molecule has 0 radical (unpaired) electrons. The monoisotopic (exact) mass is 393 g/mol. The predicted octanol–water partition coefficient (Wildman–Crippen LogP) is 3.93. The smallest absolute Gasteiger partial charge is 0.222 e.